The molecule has 0 aromatic heterocycles. The fraction of sp³-hybridized carbons (Fsp3) is 0.667. The number of allylic oxidation sites excluding steroid dienone is 5. The molecule has 0 aliphatic rings. The quantitative estimate of drug-likeness (QED) is 0.226. The van der Waals surface area contributed by atoms with Gasteiger partial charge in [-0.2, -0.15) is 0 Å². The van der Waals surface area contributed by atoms with E-state index in [0.717, 1.165) is 6.42 Å². The van der Waals surface area contributed by atoms with Crippen LogP contribution in [0.3, 0.4) is 0 Å². The van der Waals surface area contributed by atoms with E-state index in [-0.39, 0.29) is 21.7 Å². The normalized spacial score (nSPS) is 14.4. The molecule has 0 aromatic rings. The Kier molecular flexibility index (Phi) is 10.7. The van der Waals surface area contributed by atoms with E-state index in [1.807, 2.05) is 26.0 Å². The molecule has 0 aliphatic carbocycles. The molecule has 27 heavy (non-hydrogen) atoms. The molecule has 0 nitrogen and oxygen atoms in total. The Hall–Kier alpha value is -1.26. The van der Waals surface area contributed by atoms with Crippen LogP contribution >= 0.6 is 0 Å². The molecule has 0 N–H and O–H groups in total. The van der Waals surface area contributed by atoms with Crippen molar-refractivity contribution in [3.8, 4) is 0 Å². The van der Waals surface area contributed by atoms with Gasteiger partial charge in [-0.3, -0.25) is 0 Å². The second-order valence-corrected chi connectivity index (χ2v) is 10.1. The maximum Gasteiger partial charge on any atom is -0.00688 e. The summed E-state index contributed by atoms with van der Waals surface area (Å²) in [5.41, 5.74) is 5.87. The molecule has 0 radical (unpaired) electrons. The first-order valence-electron chi connectivity index (χ1n) is 10.4. The molecular weight excluding hydrogens is 324 g/mol. The first-order chi connectivity index (χ1) is 12.1. The fourth-order valence-corrected chi connectivity index (χ4v) is 3.23. The van der Waals surface area contributed by atoms with E-state index in [1.54, 1.807) is 0 Å². The molecule has 156 valence electrons. The van der Waals surface area contributed by atoms with Gasteiger partial charge in [-0.25, -0.2) is 0 Å². The summed E-state index contributed by atoms with van der Waals surface area (Å²) >= 11 is 0. The lowest BCUT2D eigenvalue weighted by Crippen LogP contribution is -2.44. The highest BCUT2D eigenvalue weighted by Gasteiger charge is 2.47. The van der Waals surface area contributed by atoms with Crippen LogP contribution < -0.4 is 0 Å². The summed E-state index contributed by atoms with van der Waals surface area (Å²) in [5.74, 6) is 0.450. The van der Waals surface area contributed by atoms with Gasteiger partial charge in [-0.1, -0.05) is 121 Å². The van der Waals surface area contributed by atoms with Crippen LogP contribution in [0.1, 0.15) is 89.5 Å². The molecule has 0 aliphatic heterocycles. The van der Waals surface area contributed by atoms with Gasteiger partial charge in [0.15, 0.2) is 0 Å². The number of rotatable bonds is 8. The Balaban J connectivity index is 0. The van der Waals surface area contributed by atoms with Crippen molar-refractivity contribution in [2.45, 2.75) is 89.5 Å². The van der Waals surface area contributed by atoms with Crippen molar-refractivity contribution in [3.05, 3.63) is 54.8 Å². The van der Waals surface area contributed by atoms with Crippen molar-refractivity contribution in [2.75, 3.05) is 0 Å². The number of hydrogen-bond acceptors (Lipinski definition) is 0. The zero-order valence-electron chi connectivity index (χ0n) is 20.6. The molecule has 0 rings (SSSR count). The highest BCUT2D eigenvalue weighted by atomic mass is 14.5. The van der Waals surface area contributed by atoms with Gasteiger partial charge in [-0.15, -0.1) is 5.73 Å². The Labute approximate surface area is 172 Å². The lowest BCUT2D eigenvalue weighted by Gasteiger charge is -2.52. The van der Waals surface area contributed by atoms with Crippen LogP contribution in [-0.2, 0) is 0 Å². The molecule has 0 fully saturated rings. The molecule has 0 aromatic carbocycles. The van der Waals surface area contributed by atoms with Crippen LogP contribution in [0.5, 0.6) is 0 Å². The third-order valence-electron chi connectivity index (χ3n) is 7.40. The molecule has 0 saturated carbocycles. The summed E-state index contributed by atoms with van der Waals surface area (Å²) in [5, 5.41) is 0. The van der Waals surface area contributed by atoms with Gasteiger partial charge in [0.2, 0.25) is 0 Å². The summed E-state index contributed by atoms with van der Waals surface area (Å²) < 4.78 is 0. The van der Waals surface area contributed by atoms with Crippen molar-refractivity contribution >= 4 is 0 Å². The standard InChI is InChI=1S/C25H42.C2H6/c1-14-16-21(17-15-2)23(8,9)19(3)18-20(4)24(10,11)25(12,13)22(5,6)7;1-2/h14,16-17,19H,1-2,4,18H2,3,5-13H3;1-2H3/b21-16+;. The minimum Gasteiger partial charge on any atom is -0.128 e. The van der Waals surface area contributed by atoms with Crippen molar-refractivity contribution in [1.82, 2.24) is 0 Å². The van der Waals surface area contributed by atoms with E-state index in [4.69, 9.17) is 0 Å². The fourth-order valence-electron chi connectivity index (χ4n) is 3.23. The molecule has 0 spiro atoms. The van der Waals surface area contributed by atoms with Crippen molar-refractivity contribution in [3.63, 3.8) is 0 Å². The average molecular weight is 373 g/mol. The summed E-state index contributed by atoms with van der Waals surface area (Å²) in [6, 6.07) is 0. The van der Waals surface area contributed by atoms with Gasteiger partial charge in [0.05, 0.1) is 0 Å². The van der Waals surface area contributed by atoms with Crippen LogP contribution in [0.4, 0.5) is 0 Å². The maximum absolute atomic E-state index is 4.53. The molecule has 0 amide bonds. The summed E-state index contributed by atoms with van der Waals surface area (Å²) in [7, 11) is 0. The van der Waals surface area contributed by atoms with Crippen LogP contribution in [0.2, 0.25) is 0 Å². The largest absolute Gasteiger partial charge is 0.128 e. The van der Waals surface area contributed by atoms with Crippen LogP contribution in [-0.4, -0.2) is 0 Å². The average Bonchev–Trinajstić information content (AvgIpc) is 2.54. The smallest absolute Gasteiger partial charge is 0.00688 e. The zero-order chi connectivity index (χ0) is 22.3. The molecule has 0 bridgehead atoms. The minimum absolute atomic E-state index is 0.00375. The molecule has 0 heterocycles. The van der Waals surface area contributed by atoms with Crippen molar-refractivity contribution in [1.29, 1.82) is 0 Å². The van der Waals surface area contributed by atoms with Crippen LogP contribution in [0.15, 0.2) is 54.8 Å². The molecule has 1 unspecified atom stereocenters. The van der Waals surface area contributed by atoms with Crippen LogP contribution in [0.25, 0.3) is 0 Å². The second kappa shape index (κ2) is 10.3. The number of hydrogen-bond donors (Lipinski definition) is 0. The zero-order valence-corrected chi connectivity index (χ0v) is 20.6. The van der Waals surface area contributed by atoms with Gasteiger partial charge >= 0.3 is 0 Å². The Bertz CT molecular complexity index is 564. The van der Waals surface area contributed by atoms with Crippen molar-refractivity contribution in [2.24, 2.45) is 27.6 Å². The van der Waals surface area contributed by atoms with Gasteiger partial charge < -0.3 is 0 Å². The van der Waals surface area contributed by atoms with E-state index >= 15 is 0 Å². The molecule has 0 heteroatoms. The first-order valence-corrected chi connectivity index (χ1v) is 10.4. The highest BCUT2D eigenvalue weighted by Crippen LogP contribution is 2.56. The van der Waals surface area contributed by atoms with Gasteiger partial charge in [-0.05, 0) is 45.6 Å². The molecular formula is C27H48. The lowest BCUT2D eigenvalue weighted by molar-refractivity contribution is 0.0136. The van der Waals surface area contributed by atoms with E-state index in [2.05, 4.69) is 101 Å². The lowest BCUT2D eigenvalue weighted by atomic mass is 9.52. The van der Waals surface area contributed by atoms with E-state index < -0.39 is 0 Å². The van der Waals surface area contributed by atoms with Gasteiger partial charge in [0, 0.05) is 0 Å². The Morgan fingerprint density at radius 1 is 0.963 bits per heavy atom. The third-order valence-corrected chi connectivity index (χ3v) is 7.40. The third kappa shape index (κ3) is 6.39. The van der Waals surface area contributed by atoms with Crippen molar-refractivity contribution < 1.29 is 0 Å². The van der Waals surface area contributed by atoms with Crippen LogP contribution in [0, 0.1) is 27.6 Å². The van der Waals surface area contributed by atoms with Gasteiger partial charge in [0.1, 0.15) is 0 Å². The van der Waals surface area contributed by atoms with E-state index in [9.17, 15) is 0 Å². The van der Waals surface area contributed by atoms with E-state index in [0.29, 0.717) is 5.92 Å². The Morgan fingerprint density at radius 3 is 1.74 bits per heavy atom. The summed E-state index contributed by atoms with van der Waals surface area (Å²) in [6.07, 6.45) is 6.89. The highest BCUT2D eigenvalue weighted by molar-refractivity contribution is 5.30. The maximum atomic E-state index is 4.53. The molecule has 1 atom stereocenters. The predicted molar refractivity (Wildman–Crippen MR) is 127 cm³/mol. The van der Waals surface area contributed by atoms with E-state index in [1.165, 1.54) is 11.1 Å². The first kappa shape index (κ1) is 28.0. The Morgan fingerprint density at radius 2 is 1.41 bits per heavy atom. The topological polar surface area (TPSA) is 0 Å². The molecule has 0 saturated heterocycles. The predicted octanol–water partition coefficient (Wildman–Crippen LogP) is 9.17. The summed E-state index contributed by atoms with van der Waals surface area (Å²) in [6.45, 7) is 39.5. The summed E-state index contributed by atoms with van der Waals surface area (Å²) in [4.78, 5) is 0. The van der Waals surface area contributed by atoms with Gasteiger partial charge in [0.25, 0.3) is 0 Å². The monoisotopic (exact) mass is 372 g/mol. The minimum atomic E-state index is 0.00375. The SMILES string of the molecule is C=C=C/C(=C\C=C)C(C)(C)C(C)CC(=C)C(C)(C)C(C)(C)C(C)(C)C.CC. The second-order valence-electron chi connectivity index (χ2n) is 10.1.